The normalized spacial score (nSPS) is 25.9. The maximum Gasteiger partial charge on any atom is 0.243 e. The molecule has 2 aliphatic rings. The topological polar surface area (TPSA) is 58.6 Å². The zero-order valence-corrected chi connectivity index (χ0v) is 13.9. The van der Waals surface area contributed by atoms with E-state index in [0.717, 1.165) is 38.1 Å². The zero-order valence-electron chi connectivity index (χ0n) is 13.0. The molecule has 1 aromatic rings. The van der Waals surface area contributed by atoms with Gasteiger partial charge in [0.05, 0.1) is 11.5 Å². The van der Waals surface area contributed by atoms with Gasteiger partial charge in [-0.1, -0.05) is 6.92 Å². The summed E-state index contributed by atoms with van der Waals surface area (Å²) in [6.45, 7) is 5.88. The fourth-order valence-corrected chi connectivity index (χ4v) is 4.87. The van der Waals surface area contributed by atoms with Crippen molar-refractivity contribution in [1.29, 1.82) is 0 Å². The minimum absolute atomic E-state index is 0.150. The summed E-state index contributed by atoms with van der Waals surface area (Å²) in [5.41, 5.74) is 0.150. The summed E-state index contributed by atoms with van der Waals surface area (Å²) in [4.78, 5) is 0.361. The average molecular weight is 324 g/mol. The Morgan fingerprint density at radius 1 is 1.27 bits per heavy atom. The second-order valence-electron chi connectivity index (χ2n) is 6.34. The number of hydrogen-bond acceptors (Lipinski definition) is 4. The first-order chi connectivity index (χ1) is 10.6. The van der Waals surface area contributed by atoms with E-state index >= 15 is 0 Å². The predicted molar refractivity (Wildman–Crippen MR) is 85.5 cm³/mol. The summed E-state index contributed by atoms with van der Waals surface area (Å²) in [5, 5.41) is 3.36. The first kappa shape index (κ1) is 15.8. The van der Waals surface area contributed by atoms with E-state index in [-0.39, 0.29) is 5.41 Å². The number of sulfonamides is 1. The molecule has 1 unspecified atom stereocenters. The van der Waals surface area contributed by atoms with E-state index < -0.39 is 10.0 Å². The van der Waals surface area contributed by atoms with Crippen LogP contribution in [-0.2, 0) is 10.0 Å². The van der Waals surface area contributed by atoms with Crippen molar-refractivity contribution in [2.75, 3.05) is 32.8 Å². The first-order valence-electron chi connectivity index (χ1n) is 8.00. The van der Waals surface area contributed by atoms with E-state index in [9.17, 15) is 8.42 Å². The summed E-state index contributed by atoms with van der Waals surface area (Å²) >= 11 is 0. The smallest absolute Gasteiger partial charge is 0.243 e. The van der Waals surface area contributed by atoms with Crippen molar-refractivity contribution in [2.24, 2.45) is 5.41 Å². The standard InChI is InChI=1S/C16H24N2O3S/c1-2-11-21-14-3-5-15(6-4-14)22(19,20)18-10-8-16(13-18)7-9-17-12-16/h3-6,17H,2,7-13H2,1H3. The lowest BCUT2D eigenvalue weighted by Gasteiger charge is -2.22. The van der Waals surface area contributed by atoms with Gasteiger partial charge in [-0.05, 0) is 55.5 Å². The van der Waals surface area contributed by atoms with Crippen molar-refractivity contribution in [3.05, 3.63) is 24.3 Å². The zero-order chi connectivity index (χ0) is 15.6. The minimum atomic E-state index is -3.39. The van der Waals surface area contributed by atoms with Crippen LogP contribution in [0.2, 0.25) is 0 Å². The highest BCUT2D eigenvalue weighted by atomic mass is 32.2. The molecule has 1 atom stereocenters. The predicted octanol–water partition coefficient (Wildman–Crippen LogP) is 1.85. The number of ether oxygens (including phenoxy) is 1. The van der Waals surface area contributed by atoms with Crippen LogP contribution in [0, 0.1) is 5.41 Å². The molecule has 6 heteroatoms. The molecule has 0 radical (unpaired) electrons. The highest BCUT2D eigenvalue weighted by Gasteiger charge is 2.44. The second kappa shape index (κ2) is 6.18. The molecule has 22 heavy (non-hydrogen) atoms. The SMILES string of the molecule is CCCOc1ccc(S(=O)(=O)N2CCC3(CCNC3)C2)cc1. The van der Waals surface area contributed by atoms with Crippen LogP contribution in [0.3, 0.4) is 0 Å². The van der Waals surface area contributed by atoms with Crippen molar-refractivity contribution in [3.8, 4) is 5.75 Å². The molecular formula is C16H24N2O3S. The Hall–Kier alpha value is -1.11. The van der Waals surface area contributed by atoms with E-state index in [4.69, 9.17) is 4.74 Å². The van der Waals surface area contributed by atoms with E-state index in [0.29, 0.717) is 24.6 Å². The Morgan fingerprint density at radius 3 is 2.68 bits per heavy atom. The molecule has 1 aromatic carbocycles. The van der Waals surface area contributed by atoms with Crippen LogP contribution in [0.5, 0.6) is 5.75 Å². The van der Waals surface area contributed by atoms with E-state index in [1.807, 2.05) is 6.92 Å². The number of nitrogens with one attached hydrogen (secondary N) is 1. The lowest BCUT2D eigenvalue weighted by Crippen LogP contribution is -2.33. The Balaban J connectivity index is 1.73. The van der Waals surface area contributed by atoms with Gasteiger partial charge in [-0.3, -0.25) is 0 Å². The molecule has 0 amide bonds. The number of hydrogen-bond donors (Lipinski definition) is 1. The van der Waals surface area contributed by atoms with Gasteiger partial charge in [0.25, 0.3) is 0 Å². The third-order valence-corrected chi connectivity index (χ3v) is 6.53. The summed E-state index contributed by atoms with van der Waals surface area (Å²) in [7, 11) is -3.39. The molecule has 3 rings (SSSR count). The van der Waals surface area contributed by atoms with Crippen molar-refractivity contribution in [2.45, 2.75) is 31.1 Å². The van der Waals surface area contributed by atoms with Crippen LogP contribution < -0.4 is 10.1 Å². The molecule has 2 saturated heterocycles. The third kappa shape index (κ3) is 3.00. The molecule has 2 aliphatic heterocycles. The van der Waals surface area contributed by atoms with Crippen LogP contribution in [0.1, 0.15) is 26.2 Å². The molecule has 5 nitrogen and oxygen atoms in total. The lowest BCUT2D eigenvalue weighted by atomic mass is 9.87. The molecule has 2 fully saturated rings. The average Bonchev–Trinajstić information content (AvgIpc) is 3.16. The highest BCUT2D eigenvalue weighted by Crippen LogP contribution is 2.38. The van der Waals surface area contributed by atoms with Gasteiger partial charge in [0.1, 0.15) is 5.75 Å². The van der Waals surface area contributed by atoms with Crippen molar-refractivity contribution < 1.29 is 13.2 Å². The third-order valence-electron chi connectivity index (χ3n) is 4.67. The maximum absolute atomic E-state index is 12.8. The second-order valence-corrected chi connectivity index (χ2v) is 8.27. The van der Waals surface area contributed by atoms with Crippen LogP contribution in [-0.4, -0.2) is 45.5 Å². The van der Waals surface area contributed by atoms with Crippen molar-refractivity contribution in [1.82, 2.24) is 9.62 Å². The lowest BCUT2D eigenvalue weighted by molar-refractivity contribution is 0.317. The Bertz CT molecular complexity index is 607. The van der Waals surface area contributed by atoms with Gasteiger partial charge in [-0.15, -0.1) is 0 Å². The van der Waals surface area contributed by atoms with E-state index in [1.165, 1.54) is 0 Å². The molecule has 0 aliphatic carbocycles. The minimum Gasteiger partial charge on any atom is -0.494 e. The molecule has 1 N–H and O–H groups in total. The van der Waals surface area contributed by atoms with Gasteiger partial charge in [0.2, 0.25) is 10.0 Å². The van der Waals surface area contributed by atoms with Gasteiger partial charge in [-0.2, -0.15) is 4.31 Å². The molecular weight excluding hydrogens is 300 g/mol. The summed E-state index contributed by atoms with van der Waals surface area (Å²) in [6.07, 6.45) is 2.96. The molecule has 1 spiro atoms. The summed E-state index contributed by atoms with van der Waals surface area (Å²) < 4.78 is 32.7. The fourth-order valence-electron chi connectivity index (χ4n) is 3.32. The Kier molecular flexibility index (Phi) is 4.43. The number of benzene rings is 1. The quantitative estimate of drug-likeness (QED) is 0.898. The van der Waals surface area contributed by atoms with Gasteiger partial charge in [0, 0.05) is 19.6 Å². The van der Waals surface area contributed by atoms with E-state index in [1.54, 1.807) is 28.6 Å². The Morgan fingerprint density at radius 2 is 2.05 bits per heavy atom. The first-order valence-corrected chi connectivity index (χ1v) is 9.44. The number of rotatable bonds is 5. The number of nitrogens with zero attached hydrogens (tertiary/aromatic N) is 1. The van der Waals surface area contributed by atoms with Crippen molar-refractivity contribution in [3.63, 3.8) is 0 Å². The summed E-state index contributed by atoms with van der Waals surface area (Å²) in [5.74, 6) is 0.721. The fraction of sp³-hybridized carbons (Fsp3) is 0.625. The van der Waals surface area contributed by atoms with Gasteiger partial charge in [0.15, 0.2) is 0 Å². The van der Waals surface area contributed by atoms with Crippen LogP contribution in [0.15, 0.2) is 29.2 Å². The van der Waals surface area contributed by atoms with Gasteiger partial charge >= 0.3 is 0 Å². The van der Waals surface area contributed by atoms with Crippen LogP contribution in [0.25, 0.3) is 0 Å². The summed E-state index contributed by atoms with van der Waals surface area (Å²) in [6, 6.07) is 6.79. The largest absolute Gasteiger partial charge is 0.494 e. The highest BCUT2D eigenvalue weighted by molar-refractivity contribution is 7.89. The van der Waals surface area contributed by atoms with E-state index in [2.05, 4.69) is 5.32 Å². The van der Waals surface area contributed by atoms with Gasteiger partial charge in [-0.25, -0.2) is 8.42 Å². The molecule has 0 bridgehead atoms. The van der Waals surface area contributed by atoms with Crippen LogP contribution in [0.4, 0.5) is 0 Å². The monoisotopic (exact) mass is 324 g/mol. The van der Waals surface area contributed by atoms with Gasteiger partial charge < -0.3 is 10.1 Å². The maximum atomic E-state index is 12.8. The van der Waals surface area contributed by atoms with Crippen molar-refractivity contribution >= 4 is 10.0 Å². The van der Waals surface area contributed by atoms with Crippen LogP contribution >= 0.6 is 0 Å². The molecule has 0 aromatic heterocycles. The molecule has 0 saturated carbocycles. The Labute approximate surface area is 132 Å². The molecule has 122 valence electrons. The molecule has 2 heterocycles.